The molecule has 0 saturated heterocycles. The Balaban J connectivity index is 4.34. The molecule has 0 aliphatic rings. The monoisotopic (exact) mass is 198 g/mol. The first kappa shape index (κ1) is 12.9. The van der Waals surface area contributed by atoms with E-state index in [4.69, 9.17) is 0 Å². The van der Waals surface area contributed by atoms with Gasteiger partial charge in [0.15, 0.2) is 0 Å². The molecule has 0 radical (unpaired) electrons. The molecular formula is C11H18O3. The standard InChI is InChI=1S/C11H18O3/c1-6-7-11(4,5)10(13)14-9(12)8(2)3/h2,6-7H2,1,3-5H3. The van der Waals surface area contributed by atoms with Gasteiger partial charge >= 0.3 is 11.9 Å². The molecule has 0 saturated carbocycles. The number of rotatable bonds is 4. The van der Waals surface area contributed by atoms with Crippen LogP contribution in [0.3, 0.4) is 0 Å². The lowest BCUT2D eigenvalue weighted by molar-refractivity contribution is -0.164. The van der Waals surface area contributed by atoms with Crippen molar-refractivity contribution >= 4 is 11.9 Å². The average Bonchev–Trinajstić information content (AvgIpc) is 2.03. The lowest BCUT2D eigenvalue weighted by Gasteiger charge is -2.20. The molecule has 0 aliphatic carbocycles. The molecule has 0 aliphatic heterocycles. The van der Waals surface area contributed by atoms with Gasteiger partial charge in [0.2, 0.25) is 0 Å². The fourth-order valence-corrected chi connectivity index (χ4v) is 1.04. The van der Waals surface area contributed by atoms with Crippen LogP contribution in [-0.2, 0) is 14.3 Å². The molecule has 3 heteroatoms. The van der Waals surface area contributed by atoms with Gasteiger partial charge in [-0.15, -0.1) is 0 Å². The van der Waals surface area contributed by atoms with E-state index >= 15 is 0 Å². The summed E-state index contributed by atoms with van der Waals surface area (Å²) in [5.74, 6) is -1.12. The number of ether oxygens (including phenoxy) is 1. The SMILES string of the molecule is C=C(C)C(=O)OC(=O)C(C)(C)CCC. The summed E-state index contributed by atoms with van der Waals surface area (Å²) in [6, 6.07) is 0. The van der Waals surface area contributed by atoms with E-state index in [0.717, 1.165) is 6.42 Å². The van der Waals surface area contributed by atoms with Crippen LogP contribution in [-0.4, -0.2) is 11.9 Å². The minimum atomic E-state index is -0.640. The second kappa shape index (κ2) is 4.94. The zero-order valence-corrected chi connectivity index (χ0v) is 9.35. The van der Waals surface area contributed by atoms with Gasteiger partial charge in [-0.25, -0.2) is 4.79 Å². The molecule has 0 aromatic rings. The normalized spacial score (nSPS) is 10.9. The van der Waals surface area contributed by atoms with Gasteiger partial charge < -0.3 is 4.74 Å². The van der Waals surface area contributed by atoms with E-state index in [-0.39, 0.29) is 5.57 Å². The van der Waals surface area contributed by atoms with Crippen LogP contribution in [0.25, 0.3) is 0 Å². The van der Waals surface area contributed by atoms with Gasteiger partial charge in [-0.2, -0.15) is 0 Å². The topological polar surface area (TPSA) is 43.4 Å². The van der Waals surface area contributed by atoms with Crippen LogP contribution in [0.2, 0.25) is 0 Å². The van der Waals surface area contributed by atoms with Crippen molar-refractivity contribution in [2.24, 2.45) is 5.41 Å². The van der Waals surface area contributed by atoms with Crippen molar-refractivity contribution in [3.63, 3.8) is 0 Å². The quantitative estimate of drug-likeness (QED) is 0.396. The highest BCUT2D eigenvalue weighted by atomic mass is 16.6. The summed E-state index contributed by atoms with van der Waals surface area (Å²) >= 11 is 0. The molecule has 14 heavy (non-hydrogen) atoms. The minimum Gasteiger partial charge on any atom is -0.389 e. The van der Waals surface area contributed by atoms with Crippen LogP contribution in [0.4, 0.5) is 0 Å². The van der Waals surface area contributed by atoms with Gasteiger partial charge in [-0.05, 0) is 27.2 Å². The molecule has 0 unspecified atom stereocenters. The number of carbonyl (C=O) groups is 2. The summed E-state index contributed by atoms with van der Waals surface area (Å²) < 4.78 is 4.65. The largest absolute Gasteiger partial charge is 0.389 e. The smallest absolute Gasteiger partial charge is 0.340 e. The van der Waals surface area contributed by atoms with Gasteiger partial charge in [0.1, 0.15) is 0 Å². The summed E-state index contributed by atoms with van der Waals surface area (Å²) in [6.45, 7) is 10.4. The maximum Gasteiger partial charge on any atom is 0.340 e. The lowest BCUT2D eigenvalue weighted by Crippen LogP contribution is -2.28. The Hall–Kier alpha value is -1.12. The lowest BCUT2D eigenvalue weighted by atomic mass is 9.88. The van der Waals surface area contributed by atoms with Crippen molar-refractivity contribution in [3.05, 3.63) is 12.2 Å². The maximum atomic E-state index is 11.5. The second-order valence-corrected chi connectivity index (χ2v) is 4.09. The molecule has 0 aromatic carbocycles. The zero-order valence-electron chi connectivity index (χ0n) is 9.35. The first-order valence-electron chi connectivity index (χ1n) is 4.73. The van der Waals surface area contributed by atoms with E-state index in [2.05, 4.69) is 11.3 Å². The van der Waals surface area contributed by atoms with Gasteiger partial charge in [-0.1, -0.05) is 19.9 Å². The van der Waals surface area contributed by atoms with Crippen LogP contribution in [0.1, 0.15) is 40.5 Å². The van der Waals surface area contributed by atoms with Gasteiger partial charge in [0.25, 0.3) is 0 Å². The Morgan fingerprint density at radius 1 is 1.36 bits per heavy atom. The van der Waals surface area contributed by atoms with Gasteiger partial charge in [0, 0.05) is 5.57 Å². The van der Waals surface area contributed by atoms with Crippen LogP contribution >= 0.6 is 0 Å². The third-order valence-electron chi connectivity index (χ3n) is 1.96. The van der Waals surface area contributed by atoms with E-state index in [1.165, 1.54) is 6.92 Å². The summed E-state index contributed by atoms with van der Waals surface area (Å²) in [7, 11) is 0. The van der Waals surface area contributed by atoms with Crippen LogP contribution < -0.4 is 0 Å². The molecule has 3 nitrogen and oxygen atoms in total. The Morgan fingerprint density at radius 2 is 1.86 bits per heavy atom. The molecular weight excluding hydrogens is 180 g/mol. The molecule has 0 bridgehead atoms. The molecule has 0 heterocycles. The van der Waals surface area contributed by atoms with Crippen molar-refractivity contribution in [1.82, 2.24) is 0 Å². The van der Waals surface area contributed by atoms with Gasteiger partial charge in [0.05, 0.1) is 5.41 Å². The highest BCUT2D eigenvalue weighted by Crippen LogP contribution is 2.24. The Labute approximate surface area is 85.1 Å². The predicted octanol–water partition coefficient (Wildman–Crippen LogP) is 2.46. The predicted molar refractivity (Wildman–Crippen MR) is 54.6 cm³/mol. The first-order valence-corrected chi connectivity index (χ1v) is 4.73. The highest BCUT2D eigenvalue weighted by Gasteiger charge is 2.30. The summed E-state index contributed by atoms with van der Waals surface area (Å²) in [4.78, 5) is 22.5. The van der Waals surface area contributed by atoms with Crippen molar-refractivity contribution in [1.29, 1.82) is 0 Å². The molecule has 0 fully saturated rings. The Morgan fingerprint density at radius 3 is 2.21 bits per heavy atom. The number of hydrogen-bond acceptors (Lipinski definition) is 3. The van der Waals surface area contributed by atoms with Crippen LogP contribution in [0.5, 0.6) is 0 Å². The van der Waals surface area contributed by atoms with Crippen molar-refractivity contribution < 1.29 is 14.3 Å². The number of carbonyl (C=O) groups excluding carboxylic acids is 2. The zero-order chi connectivity index (χ0) is 11.4. The first-order chi connectivity index (χ1) is 6.31. The van der Waals surface area contributed by atoms with E-state index < -0.39 is 17.4 Å². The minimum absolute atomic E-state index is 0.241. The molecule has 0 rings (SSSR count). The van der Waals surface area contributed by atoms with E-state index in [0.29, 0.717) is 6.42 Å². The van der Waals surface area contributed by atoms with Crippen molar-refractivity contribution in [2.75, 3.05) is 0 Å². The molecule has 80 valence electrons. The van der Waals surface area contributed by atoms with E-state index in [1.54, 1.807) is 13.8 Å². The maximum absolute atomic E-state index is 11.5. The van der Waals surface area contributed by atoms with Crippen molar-refractivity contribution in [2.45, 2.75) is 40.5 Å². The molecule has 0 atom stereocenters. The van der Waals surface area contributed by atoms with Crippen molar-refractivity contribution in [3.8, 4) is 0 Å². The fraction of sp³-hybridized carbons (Fsp3) is 0.636. The number of esters is 2. The molecule has 0 amide bonds. The van der Waals surface area contributed by atoms with Crippen LogP contribution in [0, 0.1) is 5.41 Å². The molecule has 0 spiro atoms. The Bertz CT molecular complexity index is 251. The Kier molecular flexibility index (Phi) is 4.54. The third kappa shape index (κ3) is 3.73. The second-order valence-electron chi connectivity index (χ2n) is 4.09. The summed E-state index contributed by atoms with van der Waals surface area (Å²) in [5, 5.41) is 0. The van der Waals surface area contributed by atoms with E-state index in [9.17, 15) is 9.59 Å². The highest BCUT2D eigenvalue weighted by molar-refractivity contribution is 5.96. The summed E-state index contributed by atoms with van der Waals surface area (Å²) in [6.07, 6.45) is 1.58. The summed E-state index contributed by atoms with van der Waals surface area (Å²) in [5.41, 5.74) is -0.356. The molecule has 0 N–H and O–H groups in total. The average molecular weight is 198 g/mol. The third-order valence-corrected chi connectivity index (χ3v) is 1.96. The van der Waals surface area contributed by atoms with E-state index in [1.807, 2.05) is 6.92 Å². The molecule has 0 aromatic heterocycles. The fourth-order valence-electron chi connectivity index (χ4n) is 1.04. The van der Waals surface area contributed by atoms with Gasteiger partial charge in [-0.3, -0.25) is 4.79 Å². The number of hydrogen-bond donors (Lipinski definition) is 0. The van der Waals surface area contributed by atoms with Crippen LogP contribution in [0.15, 0.2) is 12.2 Å².